The van der Waals surface area contributed by atoms with Crippen molar-refractivity contribution in [3.63, 3.8) is 0 Å². The normalized spacial score (nSPS) is 11.8. The number of carbonyl (C=O) groups is 2. The molecule has 2 aromatic carbocycles. The van der Waals surface area contributed by atoms with Gasteiger partial charge in [-0.1, -0.05) is 63.9 Å². The molecule has 0 saturated heterocycles. The Morgan fingerprint density at radius 2 is 1.66 bits per heavy atom. The Bertz CT molecular complexity index is 1030. The standard InChI is InChI=1S/C33H46N2O3/c1-7-9-17-31(36)38-29-20-18-28(19-21-29)24-35(22-10-8-2)23-12-11-16-30(25(3)4)33(37)34-32-26(5)14-13-15-27(32)6/h1,13-15,18-21,25,30H,8-12,16-17,22-24H2,2-6H3,(H,34,37). The van der Waals surface area contributed by atoms with E-state index >= 15 is 0 Å². The first-order chi connectivity index (χ1) is 18.2. The summed E-state index contributed by atoms with van der Waals surface area (Å²) in [5, 5.41) is 3.21. The van der Waals surface area contributed by atoms with Gasteiger partial charge in [-0.2, -0.15) is 0 Å². The van der Waals surface area contributed by atoms with E-state index < -0.39 is 0 Å². The lowest BCUT2D eigenvalue weighted by atomic mass is 9.89. The van der Waals surface area contributed by atoms with E-state index in [1.54, 1.807) is 0 Å². The number of nitrogens with one attached hydrogen (secondary N) is 1. The van der Waals surface area contributed by atoms with E-state index in [4.69, 9.17) is 11.2 Å². The highest BCUT2D eigenvalue weighted by molar-refractivity contribution is 5.94. The molecule has 1 atom stereocenters. The van der Waals surface area contributed by atoms with E-state index in [2.05, 4.69) is 36.9 Å². The van der Waals surface area contributed by atoms with Crippen molar-refractivity contribution in [3.8, 4) is 18.1 Å². The van der Waals surface area contributed by atoms with Crippen LogP contribution < -0.4 is 10.1 Å². The number of benzene rings is 2. The summed E-state index contributed by atoms with van der Waals surface area (Å²) in [7, 11) is 0. The zero-order valence-corrected chi connectivity index (χ0v) is 24.0. The SMILES string of the molecule is C#CCCC(=O)Oc1ccc(CN(CCCC)CCCCC(C(=O)Nc2c(C)cccc2C)C(C)C)cc1. The largest absolute Gasteiger partial charge is 0.427 e. The van der Waals surface area contributed by atoms with Crippen LogP contribution in [0.5, 0.6) is 5.75 Å². The average Bonchev–Trinajstić information content (AvgIpc) is 2.88. The second-order valence-corrected chi connectivity index (χ2v) is 10.6. The van der Waals surface area contributed by atoms with Crippen LogP contribution in [0.2, 0.25) is 0 Å². The number of nitrogens with zero attached hydrogens (tertiary/aromatic N) is 1. The summed E-state index contributed by atoms with van der Waals surface area (Å²) in [5.41, 5.74) is 4.34. The van der Waals surface area contributed by atoms with E-state index in [-0.39, 0.29) is 30.1 Å². The van der Waals surface area contributed by atoms with Gasteiger partial charge in [-0.25, -0.2) is 0 Å². The van der Waals surface area contributed by atoms with E-state index in [9.17, 15) is 9.59 Å². The molecule has 1 amide bonds. The summed E-state index contributed by atoms with van der Waals surface area (Å²) in [4.78, 5) is 27.4. The quantitative estimate of drug-likeness (QED) is 0.110. The Balaban J connectivity index is 1.88. The molecule has 2 aromatic rings. The van der Waals surface area contributed by atoms with Gasteiger partial charge >= 0.3 is 5.97 Å². The van der Waals surface area contributed by atoms with Gasteiger partial charge in [0.05, 0.1) is 6.42 Å². The number of unbranched alkanes of at least 4 members (excludes halogenated alkanes) is 2. The zero-order valence-electron chi connectivity index (χ0n) is 24.0. The highest BCUT2D eigenvalue weighted by Crippen LogP contribution is 2.25. The molecule has 5 heteroatoms. The molecule has 206 valence electrons. The number of ether oxygens (including phenoxy) is 1. The highest BCUT2D eigenvalue weighted by Gasteiger charge is 2.23. The van der Waals surface area contributed by atoms with Crippen molar-refractivity contribution in [1.29, 1.82) is 0 Å². The summed E-state index contributed by atoms with van der Waals surface area (Å²) in [6.45, 7) is 13.5. The van der Waals surface area contributed by atoms with Gasteiger partial charge in [0.2, 0.25) is 5.91 Å². The number of terminal acetylenes is 1. The van der Waals surface area contributed by atoms with Gasteiger partial charge < -0.3 is 10.1 Å². The molecule has 0 spiro atoms. The predicted octanol–water partition coefficient (Wildman–Crippen LogP) is 7.31. The van der Waals surface area contributed by atoms with Crippen molar-refractivity contribution in [3.05, 3.63) is 59.2 Å². The Morgan fingerprint density at radius 1 is 1.00 bits per heavy atom. The van der Waals surface area contributed by atoms with Crippen LogP contribution in [-0.2, 0) is 16.1 Å². The fourth-order valence-electron chi connectivity index (χ4n) is 4.62. The van der Waals surface area contributed by atoms with Crippen LogP contribution in [0, 0.1) is 38.0 Å². The van der Waals surface area contributed by atoms with Gasteiger partial charge in [-0.15, -0.1) is 12.3 Å². The van der Waals surface area contributed by atoms with Crippen molar-refractivity contribution in [2.45, 2.75) is 86.1 Å². The molecule has 0 heterocycles. The minimum absolute atomic E-state index is 0.00557. The van der Waals surface area contributed by atoms with Crippen molar-refractivity contribution in [2.24, 2.45) is 11.8 Å². The maximum absolute atomic E-state index is 13.2. The minimum atomic E-state index is -0.303. The minimum Gasteiger partial charge on any atom is -0.427 e. The summed E-state index contributed by atoms with van der Waals surface area (Å²) in [5.74, 6) is 3.11. The maximum Gasteiger partial charge on any atom is 0.312 e. The number of aryl methyl sites for hydroxylation is 2. The van der Waals surface area contributed by atoms with E-state index in [0.29, 0.717) is 12.2 Å². The zero-order chi connectivity index (χ0) is 27.9. The highest BCUT2D eigenvalue weighted by atomic mass is 16.5. The van der Waals surface area contributed by atoms with Crippen LogP contribution >= 0.6 is 0 Å². The third kappa shape index (κ3) is 10.7. The number of rotatable bonds is 16. The van der Waals surface area contributed by atoms with Crippen molar-refractivity contribution in [2.75, 3.05) is 18.4 Å². The molecule has 0 fully saturated rings. The van der Waals surface area contributed by atoms with E-state index in [1.807, 2.05) is 56.3 Å². The summed E-state index contributed by atoms with van der Waals surface area (Å²) < 4.78 is 5.35. The lowest BCUT2D eigenvalue weighted by molar-refractivity contribution is -0.134. The third-order valence-electron chi connectivity index (χ3n) is 6.97. The molecule has 0 saturated carbocycles. The number of hydrogen-bond acceptors (Lipinski definition) is 4. The lowest BCUT2D eigenvalue weighted by Crippen LogP contribution is -2.28. The molecule has 0 aliphatic heterocycles. The molecular weight excluding hydrogens is 472 g/mol. The van der Waals surface area contributed by atoms with Crippen LogP contribution in [0.3, 0.4) is 0 Å². The van der Waals surface area contributed by atoms with Crippen LogP contribution in [0.4, 0.5) is 5.69 Å². The first kappa shape index (κ1) is 31.1. The number of amides is 1. The molecule has 1 unspecified atom stereocenters. The first-order valence-corrected chi connectivity index (χ1v) is 14.1. The molecule has 38 heavy (non-hydrogen) atoms. The molecule has 0 aliphatic rings. The summed E-state index contributed by atoms with van der Waals surface area (Å²) in [6, 6.07) is 13.9. The molecule has 0 radical (unpaired) electrons. The molecule has 5 nitrogen and oxygen atoms in total. The third-order valence-corrected chi connectivity index (χ3v) is 6.97. The smallest absolute Gasteiger partial charge is 0.312 e. The molecule has 2 rings (SSSR count). The van der Waals surface area contributed by atoms with Gasteiger partial charge in [0.15, 0.2) is 0 Å². The van der Waals surface area contributed by atoms with E-state index in [1.165, 1.54) is 5.56 Å². The molecule has 0 bridgehead atoms. The Hall–Kier alpha value is -3.10. The van der Waals surface area contributed by atoms with Crippen molar-refractivity contribution in [1.82, 2.24) is 4.90 Å². The number of hydrogen-bond donors (Lipinski definition) is 1. The molecule has 0 aromatic heterocycles. The first-order valence-electron chi connectivity index (χ1n) is 14.1. The molecular formula is C33H46N2O3. The molecule has 1 N–H and O–H groups in total. The predicted molar refractivity (Wildman–Crippen MR) is 157 cm³/mol. The van der Waals surface area contributed by atoms with Crippen LogP contribution in [0.25, 0.3) is 0 Å². The average molecular weight is 519 g/mol. The Morgan fingerprint density at radius 3 is 2.26 bits per heavy atom. The number of carbonyl (C=O) groups excluding carboxylic acids is 2. The fourth-order valence-corrected chi connectivity index (χ4v) is 4.62. The van der Waals surface area contributed by atoms with Gasteiger partial charge in [0, 0.05) is 24.6 Å². The van der Waals surface area contributed by atoms with Gasteiger partial charge in [0.25, 0.3) is 0 Å². The second kappa shape index (κ2) is 16.7. The number of anilines is 1. The Labute approximate surface area is 230 Å². The second-order valence-electron chi connectivity index (χ2n) is 10.6. The lowest BCUT2D eigenvalue weighted by Gasteiger charge is -2.24. The van der Waals surface area contributed by atoms with Gasteiger partial charge in [-0.05, 0) is 80.9 Å². The molecule has 0 aliphatic carbocycles. The van der Waals surface area contributed by atoms with Crippen molar-refractivity contribution >= 4 is 17.6 Å². The van der Waals surface area contributed by atoms with Gasteiger partial charge in [0.1, 0.15) is 5.75 Å². The van der Waals surface area contributed by atoms with Gasteiger partial charge in [-0.3, -0.25) is 14.5 Å². The topological polar surface area (TPSA) is 58.6 Å². The number of esters is 1. The van der Waals surface area contributed by atoms with Crippen LogP contribution in [0.1, 0.15) is 82.4 Å². The van der Waals surface area contributed by atoms with Crippen LogP contribution in [0.15, 0.2) is 42.5 Å². The number of para-hydroxylation sites is 1. The maximum atomic E-state index is 13.2. The van der Waals surface area contributed by atoms with Crippen molar-refractivity contribution < 1.29 is 14.3 Å². The van der Waals surface area contributed by atoms with E-state index in [0.717, 1.165) is 68.6 Å². The summed E-state index contributed by atoms with van der Waals surface area (Å²) in [6.07, 6.45) is 11.1. The van der Waals surface area contributed by atoms with Crippen LogP contribution in [-0.4, -0.2) is 29.9 Å². The monoisotopic (exact) mass is 518 g/mol. The summed E-state index contributed by atoms with van der Waals surface area (Å²) >= 11 is 0. The fraction of sp³-hybridized carbons (Fsp3) is 0.515. The Kier molecular flexibility index (Phi) is 13.7.